The Bertz CT molecular complexity index is 263. The number of nitrogens with zero attached hydrogens (tertiary/aromatic N) is 1. The van der Waals surface area contributed by atoms with Crippen molar-refractivity contribution in [3.05, 3.63) is 29.1 Å². The van der Waals surface area contributed by atoms with E-state index >= 15 is 0 Å². The Labute approximate surface area is 78.2 Å². The minimum atomic E-state index is 0.533. The molecule has 1 aromatic heterocycles. The van der Waals surface area contributed by atoms with Crippen molar-refractivity contribution in [2.75, 3.05) is 0 Å². The first-order chi connectivity index (χ1) is 5.75. The summed E-state index contributed by atoms with van der Waals surface area (Å²) in [5.74, 6) is 0. The maximum absolute atomic E-state index is 11.0. The summed E-state index contributed by atoms with van der Waals surface area (Å²) in [6.07, 6.45) is 4.66. The lowest BCUT2D eigenvalue weighted by Gasteiger charge is -2.03. The average Bonchev–Trinajstić information content (AvgIpc) is 2.08. The van der Waals surface area contributed by atoms with Gasteiger partial charge in [-0.05, 0) is 18.9 Å². The average molecular weight is 183 g/mol. The second-order valence-corrected chi connectivity index (χ2v) is 3.21. The summed E-state index contributed by atoms with van der Waals surface area (Å²) in [5, 5.41) is 11.6. The number of unbranched alkanes of at least 4 members (excludes halogenated alkanes) is 1. The van der Waals surface area contributed by atoms with Crippen LogP contribution < -0.4 is 4.73 Å². The molecule has 66 valence electrons. The smallest absolute Gasteiger partial charge is 0.251 e. The second-order valence-electron chi connectivity index (χ2n) is 2.79. The van der Waals surface area contributed by atoms with E-state index in [-0.39, 0.29) is 0 Å². The third kappa shape index (κ3) is 2.14. The number of thiol groups is 1. The lowest BCUT2D eigenvalue weighted by Crippen LogP contribution is -2.28. The Morgan fingerprint density at radius 3 is 3.00 bits per heavy atom. The zero-order chi connectivity index (χ0) is 8.97. The molecule has 0 saturated heterocycles. The highest BCUT2D eigenvalue weighted by Gasteiger charge is 2.05. The maximum atomic E-state index is 11.0. The molecular formula is C9H13NOS. The highest BCUT2D eigenvalue weighted by atomic mass is 32.1. The summed E-state index contributed by atoms with van der Waals surface area (Å²) < 4.78 is 0.800. The third-order valence-electron chi connectivity index (χ3n) is 1.81. The minimum absolute atomic E-state index is 0.533. The van der Waals surface area contributed by atoms with Crippen LogP contribution in [0.1, 0.15) is 25.3 Å². The predicted octanol–water partition coefficient (Wildman–Crippen LogP) is 1.95. The number of pyridine rings is 1. The van der Waals surface area contributed by atoms with Crippen LogP contribution in [0.2, 0.25) is 0 Å². The molecule has 0 bridgehead atoms. The Hall–Kier alpha value is -0.700. The first kappa shape index (κ1) is 9.39. The van der Waals surface area contributed by atoms with Gasteiger partial charge in [-0.1, -0.05) is 26.0 Å². The lowest BCUT2D eigenvalue weighted by molar-refractivity contribution is -0.645. The number of hydrogen-bond donors (Lipinski definition) is 1. The van der Waals surface area contributed by atoms with Gasteiger partial charge in [0.1, 0.15) is 0 Å². The topological polar surface area (TPSA) is 26.9 Å². The SMILES string of the molecule is CCCCc1ccc[n+]([O-])c1S. The maximum Gasteiger partial charge on any atom is 0.251 e. The molecular weight excluding hydrogens is 170 g/mol. The van der Waals surface area contributed by atoms with Crippen LogP contribution in [-0.2, 0) is 6.42 Å². The number of rotatable bonds is 3. The molecule has 0 saturated carbocycles. The highest BCUT2D eigenvalue weighted by molar-refractivity contribution is 7.80. The molecule has 1 heterocycles. The predicted molar refractivity (Wildman–Crippen MR) is 51.3 cm³/mol. The zero-order valence-corrected chi connectivity index (χ0v) is 8.05. The van der Waals surface area contributed by atoms with Gasteiger partial charge in [-0.15, -0.1) is 0 Å². The molecule has 0 aliphatic heterocycles. The van der Waals surface area contributed by atoms with Crippen LogP contribution in [0.25, 0.3) is 0 Å². The van der Waals surface area contributed by atoms with Crippen molar-refractivity contribution < 1.29 is 4.73 Å². The molecule has 0 N–H and O–H groups in total. The van der Waals surface area contributed by atoms with Gasteiger partial charge in [0.2, 0.25) is 0 Å². The molecule has 0 aromatic carbocycles. The van der Waals surface area contributed by atoms with Gasteiger partial charge in [-0.3, -0.25) is 0 Å². The van der Waals surface area contributed by atoms with E-state index in [0.29, 0.717) is 5.03 Å². The number of aromatic nitrogens is 1. The Balaban J connectivity index is 2.78. The van der Waals surface area contributed by atoms with Gasteiger partial charge in [0.05, 0.1) is 0 Å². The molecule has 0 aliphatic carbocycles. The van der Waals surface area contributed by atoms with Crippen LogP contribution in [0.15, 0.2) is 23.4 Å². The first-order valence-corrected chi connectivity index (χ1v) is 4.60. The normalized spacial score (nSPS) is 10.2. The third-order valence-corrected chi connectivity index (χ3v) is 2.30. The van der Waals surface area contributed by atoms with Crippen molar-refractivity contribution in [3.63, 3.8) is 0 Å². The van der Waals surface area contributed by atoms with Crippen LogP contribution in [0, 0.1) is 5.21 Å². The van der Waals surface area contributed by atoms with Crippen LogP contribution in [0.3, 0.4) is 0 Å². The quantitative estimate of drug-likeness (QED) is 0.433. The van der Waals surface area contributed by atoms with E-state index in [9.17, 15) is 5.21 Å². The van der Waals surface area contributed by atoms with E-state index in [4.69, 9.17) is 0 Å². The molecule has 2 nitrogen and oxygen atoms in total. The summed E-state index contributed by atoms with van der Waals surface area (Å²) in [6.45, 7) is 2.13. The van der Waals surface area contributed by atoms with Gasteiger partial charge < -0.3 is 5.21 Å². The molecule has 0 spiro atoms. The molecule has 0 unspecified atom stereocenters. The van der Waals surface area contributed by atoms with Gasteiger partial charge in [0, 0.05) is 11.6 Å². The minimum Gasteiger partial charge on any atom is -0.618 e. The van der Waals surface area contributed by atoms with Crippen LogP contribution in [0.4, 0.5) is 0 Å². The van der Waals surface area contributed by atoms with Crippen molar-refractivity contribution in [2.45, 2.75) is 31.2 Å². The molecule has 1 aromatic rings. The van der Waals surface area contributed by atoms with E-state index in [1.807, 2.05) is 6.07 Å². The summed E-state index contributed by atoms with van der Waals surface area (Å²) in [5.41, 5.74) is 1.04. The van der Waals surface area contributed by atoms with Crippen LogP contribution in [0.5, 0.6) is 0 Å². The molecule has 0 fully saturated rings. The van der Waals surface area contributed by atoms with Crippen molar-refractivity contribution in [1.29, 1.82) is 0 Å². The number of aryl methyl sites for hydroxylation is 1. The fraction of sp³-hybridized carbons (Fsp3) is 0.444. The standard InChI is InChI=1S/C9H13NOS/c1-2-3-5-8-6-4-7-10(11)9(8)12/h4,6-7,12H,2-3,5H2,1H3. The number of hydrogen-bond acceptors (Lipinski definition) is 2. The molecule has 0 amide bonds. The molecule has 0 aliphatic rings. The second kappa shape index (κ2) is 4.36. The van der Waals surface area contributed by atoms with Gasteiger partial charge >= 0.3 is 0 Å². The highest BCUT2D eigenvalue weighted by Crippen LogP contribution is 2.10. The summed E-state index contributed by atoms with van der Waals surface area (Å²) in [4.78, 5) is 0. The fourth-order valence-corrected chi connectivity index (χ4v) is 1.34. The van der Waals surface area contributed by atoms with E-state index in [2.05, 4.69) is 19.6 Å². The Morgan fingerprint density at radius 1 is 1.58 bits per heavy atom. The summed E-state index contributed by atoms with van der Waals surface area (Å²) >= 11 is 4.13. The van der Waals surface area contributed by atoms with Crippen molar-refractivity contribution >= 4 is 12.6 Å². The van der Waals surface area contributed by atoms with Crippen molar-refractivity contribution in [1.82, 2.24) is 0 Å². The van der Waals surface area contributed by atoms with Crippen LogP contribution in [-0.4, -0.2) is 0 Å². The summed E-state index contributed by atoms with van der Waals surface area (Å²) in [7, 11) is 0. The molecule has 0 radical (unpaired) electrons. The van der Waals surface area contributed by atoms with E-state index in [1.54, 1.807) is 6.07 Å². The van der Waals surface area contributed by atoms with Gasteiger partial charge in [-0.2, -0.15) is 4.73 Å². The van der Waals surface area contributed by atoms with Crippen LogP contribution >= 0.6 is 12.6 Å². The molecule has 0 atom stereocenters. The Morgan fingerprint density at radius 2 is 2.33 bits per heavy atom. The first-order valence-electron chi connectivity index (χ1n) is 4.15. The van der Waals surface area contributed by atoms with Gasteiger partial charge in [-0.25, -0.2) is 0 Å². The van der Waals surface area contributed by atoms with Gasteiger partial charge in [0.15, 0.2) is 6.20 Å². The van der Waals surface area contributed by atoms with E-state index in [1.165, 1.54) is 6.20 Å². The molecule has 3 heteroatoms. The molecule has 12 heavy (non-hydrogen) atoms. The largest absolute Gasteiger partial charge is 0.618 e. The lowest BCUT2D eigenvalue weighted by atomic mass is 10.1. The molecule has 1 rings (SSSR count). The van der Waals surface area contributed by atoms with E-state index in [0.717, 1.165) is 29.6 Å². The van der Waals surface area contributed by atoms with E-state index < -0.39 is 0 Å². The monoisotopic (exact) mass is 183 g/mol. The van der Waals surface area contributed by atoms with Crippen molar-refractivity contribution in [3.8, 4) is 0 Å². The Kier molecular flexibility index (Phi) is 3.41. The zero-order valence-electron chi connectivity index (χ0n) is 7.16. The van der Waals surface area contributed by atoms with Gasteiger partial charge in [0.25, 0.3) is 5.03 Å². The summed E-state index contributed by atoms with van der Waals surface area (Å²) in [6, 6.07) is 3.71. The fourth-order valence-electron chi connectivity index (χ4n) is 1.09. The van der Waals surface area contributed by atoms with Crippen molar-refractivity contribution in [2.24, 2.45) is 0 Å².